The van der Waals surface area contributed by atoms with E-state index < -0.39 is 0 Å². The highest BCUT2D eigenvalue weighted by atomic mass is 32.1. The summed E-state index contributed by atoms with van der Waals surface area (Å²) in [6.07, 6.45) is 2.24. The van der Waals surface area contributed by atoms with Crippen molar-refractivity contribution >= 4 is 11.3 Å². The lowest BCUT2D eigenvalue weighted by molar-refractivity contribution is 0.139. The molecular formula is C17H24N2OS. The van der Waals surface area contributed by atoms with Crippen LogP contribution < -0.4 is 0 Å². The van der Waals surface area contributed by atoms with Crippen LogP contribution in [0.2, 0.25) is 0 Å². The van der Waals surface area contributed by atoms with E-state index >= 15 is 0 Å². The van der Waals surface area contributed by atoms with Gasteiger partial charge < -0.3 is 4.74 Å². The number of benzene rings is 1. The number of methoxy groups -OCH3 is 1. The van der Waals surface area contributed by atoms with Gasteiger partial charge in [0.05, 0.1) is 17.3 Å². The van der Waals surface area contributed by atoms with Gasteiger partial charge in [-0.3, -0.25) is 4.90 Å². The number of nitrogens with zero attached hydrogens (tertiary/aromatic N) is 2. The summed E-state index contributed by atoms with van der Waals surface area (Å²) in [4.78, 5) is 7.12. The molecule has 0 aliphatic carbocycles. The van der Waals surface area contributed by atoms with E-state index in [9.17, 15) is 0 Å². The van der Waals surface area contributed by atoms with Crippen LogP contribution >= 0.6 is 11.3 Å². The molecule has 0 spiro atoms. The molecule has 1 heterocycles. The van der Waals surface area contributed by atoms with Crippen LogP contribution in [0.4, 0.5) is 0 Å². The summed E-state index contributed by atoms with van der Waals surface area (Å²) in [7, 11) is 1.75. The third-order valence-corrected chi connectivity index (χ3v) is 4.27. The molecule has 0 saturated carbocycles. The molecule has 21 heavy (non-hydrogen) atoms. The molecule has 0 aliphatic rings. The third-order valence-electron chi connectivity index (χ3n) is 3.31. The third kappa shape index (κ3) is 5.58. The summed E-state index contributed by atoms with van der Waals surface area (Å²) in [5, 5.41) is 3.44. The Kier molecular flexibility index (Phi) is 6.86. The van der Waals surface area contributed by atoms with Crippen molar-refractivity contribution in [2.45, 2.75) is 32.9 Å². The molecule has 0 aliphatic heterocycles. The zero-order chi connectivity index (χ0) is 14.9. The second-order valence-corrected chi connectivity index (χ2v) is 6.11. The van der Waals surface area contributed by atoms with Crippen molar-refractivity contribution in [3.63, 3.8) is 0 Å². The van der Waals surface area contributed by atoms with Gasteiger partial charge in [-0.25, -0.2) is 4.98 Å². The quantitative estimate of drug-likeness (QED) is 0.705. The first-order chi connectivity index (χ1) is 10.3. The number of thiazole rings is 1. The van der Waals surface area contributed by atoms with Gasteiger partial charge in [-0.2, -0.15) is 0 Å². The fourth-order valence-electron chi connectivity index (χ4n) is 2.26. The predicted molar refractivity (Wildman–Crippen MR) is 88.5 cm³/mol. The van der Waals surface area contributed by atoms with Gasteiger partial charge in [0.15, 0.2) is 0 Å². The molecule has 0 bridgehead atoms. The average molecular weight is 304 g/mol. The van der Waals surface area contributed by atoms with Crippen molar-refractivity contribution in [2.75, 3.05) is 20.3 Å². The molecule has 1 aromatic heterocycles. The highest BCUT2D eigenvalue weighted by Crippen LogP contribution is 2.15. The van der Waals surface area contributed by atoms with Crippen molar-refractivity contribution in [1.29, 1.82) is 0 Å². The first-order valence-corrected chi connectivity index (χ1v) is 8.38. The van der Waals surface area contributed by atoms with Crippen LogP contribution in [0.3, 0.4) is 0 Å². The van der Waals surface area contributed by atoms with Gasteiger partial charge in [-0.15, -0.1) is 11.3 Å². The molecule has 0 atom stereocenters. The first-order valence-electron chi connectivity index (χ1n) is 7.50. The van der Waals surface area contributed by atoms with Gasteiger partial charge >= 0.3 is 0 Å². The molecule has 2 rings (SSSR count). The molecule has 0 fully saturated rings. The molecule has 1 aromatic carbocycles. The van der Waals surface area contributed by atoms with Crippen LogP contribution in [0, 0.1) is 0 Å². The number of rotatable bonds is 9. The van der Waals surface area contributed by atoms with Gasteiger partial charge in [-0.05, 0) is 18.4 Å². The Balaban J connectivity index is 1.97. The number of ether oxygens (including phenoxy) is 1. The zero-order valence-electron chi connectivity index (χ0n) is 12.9. The summed E-state index contributed by atoms with van der Waals surface area (Å²) in [5.41, 5.74) is 2.51. The van der Waals surface area contributed by atoms with E-state index in [1.807, 2.05) is 0 Å². The fourth-order valence-corrected chi connectivity index (χ4v) is 3.15. The standard InChI is InChI=1S/C17H24N2OS/c1-3-7-17-18-16(14-21-17)13-19(10-11-20-2)12-15-8-5-4-6-9-15/h4-6,8-9,14H,3,7,10-13H2,1-2H3. The minimum Gasteiger partial charge on any atom is -0.383 e. The van der Waals surface area contributed by atoms with Crippen LogP contribution in [0.1, 0.15) is 29.6 Å². The van der Waals surface area contributed by atoms with Gasteiger partial charge in [0.1, 0.15) is 0 Å². The molecule has 0 unspecified atom stereocenters. The Bertz CT molecular complexity index is 513. The Morgan fingerprint density at radius 3 is 2.71 bits per heavy atom. The molecule has 114 valence electrons. The maximum Gasteiger partial charge on any atom is 0.0928 e. The van der Waals surface area contributed by atoms with E-state index in [2.05, 4.69) is 47.5 Å². The van der Waals surface area contributed by atoms with Crippen molar-refractivity contribution < 1.29 is 4.74 Å². The van der Waals surface area contributed by atoms with E-state index in [1.54, 1.807) is 18.4 Å². The number of aromatic nitrogens is 1. The summed E-state index contributed by atoms with van der Waals surface area (Å²) < 4.78 is 5.23. The van der Waals surface area contributed by atoms with Crippen LogP contribution in [-0.2, 0) is 24.2 Å². The normalized spacial score (nSPS) is 11.2. The van der Waals surface area contributed by atoms with Crippen LogP contribution in [-0.4, -0.2) is 30.1 Å². The van der Waals surface area contributed by atoms with E-state index in [0.717, 1.165) is 39.1 Å². The number of hydrogen-bond acceptors (Lipinski definition) is 4. The lowest BCUT2D eigenvalue weighted by Gasteiger charge is -2.21. The largest absolute Gasteiger partial charge is 0.383 e. The van der Waals surface area contributed by atoms with Gasteiger partial charge in [0.25, 0.3) is 0 Å². The van der Waals surface area contributed by atoms with E-state index in [0.29, 0.717) is 0 Å². The monoisotopic (exact) mass is 304 g/mol. The van der Waals surface area contributed by atoms with Crippen molar-refractivity contribution in [3.05, 3.63) is 52.0 Å². The summed E-state index contributed by atoms with van der Waals surface area (Å²) in [6.45, 7) is 5.69. The van der Waals surface area contributed by atoms with Crippen molar-refractivity contribution in [2.24, 2.45) is 0 Å². The lowest BCUT2D eigenvalue weighted by atomic mass is 10.2. The molecule has 4 heteroatoms. The second-order valence-electron chi connectivity index (χ2n) is 5.17. The van der Waals surface area contributed by atoms with Crippen LogP contribution in [0.25, 0.3) is 0 Å². The molecule has 0 amide bonds. The Morgan fingerprint density at radius 2 is 2.00 bits per heavy atom. The minimum absolute atomic E-state index is 0.749. The molecule has 0 N–H and O–H groups in total. The van der Waals surface area contributed by atoms with Gasteiger partial charge in [0.2, 0.25) is 0 Å². The topological polar surface area (TPSA) is 25.4 Å². The maximum absolute atomic E-state index is 5.23. The fraction of sp³-hybridized carbons (Fsp3) is 0.471. The zero-order valence-corrected chi connectivity index (χ0v) is 13.7. The average Bonchev–Trinajstić information content (AvgIpc) is 2.93. The van der Waals surface area contributed by atoms with Crippen LogP contribution in [0.15, 0.2) is 35.7 Å². The van der Waals surface area contributed by atoms with Crippen LogP contribution in [0.5, 0.6) is 0 Å². The highest BCUT2D eigenvalue weighted by Gasteiger charge is 2.09. The Hall–Kier alpha value is -1.23. The first kappa shape index (κ1) is 16.1. The molecule has 0 radical (unpaired) electrons. The second kappa shape index (κ2) is 8.93. The predicted octanol–water partition coefficient (Wildman–Crippen LogP) is 3.74. The minimum atomic E-state index is 0.749. The SMILES string of the molecule is CCCc1nc(CN(CCOC)Cc2ccccc2)cs1. The van der Waals surface area contributed by atoms with Gasteiger partial charge in [-0.1, -0.05) is 37.3 Å². The Labute approximate surface area is 131 Å². The van der Waals surface area contributed by atoms with E-state index in [1.165, 1.54) is 16.3 Å². The highest BCUT2D eigenvalue weighted by molar-refractivity contribution is 7.09. The van der Waals surface area contributed by atoms with E-state index in [-0.39, 0.29) is 0 Å². The molecular weight excluding hydrogens is 280 g/mol. The molecule has 3 nitrogen and oxygen atoms in total. The maximum atomic E-state index is 5.23. The summed E-state index contributed by atoms with van der Waals surface area (Å²) >= 11 is 1.78. The smallest absolute Gasteiger partial charge is 0.0928 e. The van der Waals surface area contributed by atoms with E-state index in [4.69, 9.17) is 9.72 Å². The van der Waals surface area contributed by atoms with Gasteiger partial charge in [0, 0.05) is 32.1 Å². The summed E-state index contributed by atoms with van der Waals surface area (Å²) in [6, 6.07) is 10.6. The molecule has 0 saturated heterocycles. The lowest BCUT2D eigenvalue weighted by Crippen LogP contribution is -2.26. The number of hydrogen-bond donors (Lipinski definition) is 0. The van der Waals surface area contributed by atoms with Crippen molar-refractivity contribution in [3.8, 4) is 0 Å². The summed E-state index contributed by atoms with van der Waals surface area (Å²) in [5.74, 6) is 0. The molecule has 2 aromatic rings. The Morgan fingerprint density at radius 1 is 1.19 bits per heavy atom. The van der Waals surface area contributed by atoms with Crippen molar-refractivity contribution in [1.82, 2.24) is 9.88 Å². The number of aryl methyl sites for hydroxylation is 1.